The maximum absolute atomic E-state index is 11.6. The van der Waals surface area contributed by atoms with Crippen molar-refractivity contribution in [1.29, 1.82) is 0 Å². The van der Waals surface area contributed by atoms with Crippen molar-refractivity contribution in [2.75, 3.05) is 0 Å². The molecule has 1 nitrogen and oxygen atoms in total. The summed E-state index contributed by atoms with van der Waals surface area (Å²) in [5.41, 5.74) is 2.76. The first-order valence-electron chi connectivity index (χ1n) is 6.15. The molecule has 1 aliphatic carbocycles. The average molecular weight is 293 g/mol. The Kier molecular flexibility index (Phi) is 4.20. The van der Waals surface area contributed by atoms with Gasteiger partial charge in [-0.05, 0) is 0 Å². The van der Waals surface area contributed by atoms with Gasteiger partial charge in [-0.2, -0.15) is 0 Å². The molecule has 2 heteroatoms. The Bertz CT molecular complexity index is 433. The molecular formula is C15H18OSe. The molecule has 1 aromatic rings. The minimum absolute atomic E-state index is 0.233. The molecule has 0 heterocycles. The number of hydrogen-bond donors (Lipinski definition) is 0. The van der Waals surface area contributed by atoms with E-state index < -0.39 is 0 Å². The molecule has 1 atom stereocenters. The molecule has 0 N–H and O–H groups in total. The van der Waals surface area contributed by atoms with Gasteiger partial charge >= 0.3 is 109 Å². The van der Waals surface area contributed by atoms with Crippen molar-refractivity contribution in [2.45, 2.75) is 32.0 Å². The van der Waals surface area contributed by atoms with Crippen LogP contribution in [-0.2, 0) is 4.79 Å². The third-order valence-corrected chi connectivity index (χ3v) is 6.15. The summed E-state index contributed by atoms with van der Waals surface area (Å²) in [6.45, 7) is 3.94. The summed E-state index contributed by atoms with van der Waals surface area (Å²) in [6, 6.07) is 10.5. The first-order valence-corrected chi connectivity index (χ1v) is 8.22. The number of ketones is 1. The van der Waals surface area contributed by atoms with E-state index in [1.54, 1.807) is 6.92 Å². The minimum atomic E-state index is 0.233. The van der Waals surface area contributed by atoms with E-state index >= 15 is 0 Å². The predicted molar refractivity (Wildman–Crippen MR) is 73.0 cm³/mol. The van der Waals surface area contributed by atoms with Gasteiger partial charge in [0.1, 0.15) is 0 Å². The van der Waals surface area contributed by atoms with Gasteiger partial charge in [0.2, 0.25) is 0 Å². The summed E-state index contributed by atoms with van der Waals surface area (Å²) in [5.74, 6) is 0.578. The molecule has 1 aliphatic rings. The van der Waals surface area contributed by atoms with Crippen molar-refractivity contribution in [3.8, 4) is 0 Å². The molecule has 1 aromatic carbocycles. The molecular weight excluding hydrogens is 275 g/mol. The van der Waals surface area contributed by atoms with E-state index in [1.807, 2.05) is 6.07 Å². The van der Waals surface area contributed by atoms with Crippen LogP contribution in [0, 0.1) is 5.92 Å². The molecule has 0 saturated carbocycles. The van der Waals surface area contributed by atoms with Crippen molar-refractivity contribution in [3.05, 3.63) is 40.4 Å². The van der Waals surface area contributed by atoms with E-state index in [2.05, 4.69) is 31.2 Å². The van der Waals surface area contributed by atoms with Crippen LogP contribution >= 0.6 is 0 Å². The summed E-state index contributed by atoms with van der Waals surface area (Å²) in [5, 5.41) is 1.25. The topological polar surface area (TPSA) is 17.1 Å². The van der Waals surface area contributed by atoms with Gasteiger partial charge in [-0.3, -0.25) is 0 Å². The molecule has 90 valence electrons. The molecule has 0 aromatic heterocycles. The Morgan fingerprint density at radius 3 is 2.65 bits per heavy atom. The molecule has 17 heavy (non-hydrogen) atoms. The number of allylic oxidation sites excluding steroid dienone is 2. The van der Waals surface area contributed by atoms with Crippen molar-refractivity contribution in [2.24, 2.45) is 5.92 Å². The van der Waals surface area contributed by atoms with Gasteiger partial charge < -0.3 is 0 Å². The molecule has 0 aliphatic heterocycles. The van der Waals surface area contributed by atoms with E-state index in [9.17, 15) is 4.79 Å². The SMILES string of the molecule is CCC[Se]C1=C(c2ccccc2)CC1C(C)=O. The number of Topliss-reactive ketones (excluding diaryl/α,β-unsaturated/α-hetero) is 1. The number of benzene rings is 1. The van der Waals surface area contributed by atoms with Crippen molar-refractivity contribution in [1.82, 2.24) is 0 Å². The van der Waals surface area contributed by atoms with Crippen LogP contribution in [-0.4, -0.2) is 20.7 Å². The second-order valence-corrected chi connectivity index (χ2v) is 6.81. The molecule has 0 radical (unpaired) electrons. The molecule has 0 fully saturated rings. The first-order chi connectivity index (χ1) is 8.24. The van der Waals surface area contributed by atoms with E-state index in [-0.39, 0.29) is 5.92 Å². The van der Waals surface area contributed by atoms with Crippen LogP contribution in [0.5, 0.6) is 0 Å². The van der Waals surface area contributed by atoms with Crippen LogP contribution in [0.15, 0.2) is 34.8 Å². The van der Waals surface area contributed by atoms with Gasteiger partial charge in [0.05, 0.1) is 0 Å². The zero-order valence-electron chi connectivity index (χ0n) is 10.4. The predicted octanol–water partition coefficient (Wildman–Crippen LogP) is 3.54. The first kappa shape index (κ1) is 12.6. The van der Waals surface area contributed by atoms with Crippen molar-refractivity contribution in [3.63, 3.8) is 0 Å². The third kappa shape index (κ3) is 2.70. The van der Waals surface area contributed by atoms with Crippen LogP contribution in [0.1, 0.15) is 32.3 Å². The van der Waals surface area contributed by atoms with E-state index in [1.165, 1.54) is 27.3 Å². The Morgan fingerprint density at radius 2 is 2.06 bits per heavy atom. The molecule has 0 spiro atoms. The average Bonchev–Trinajstić information content (AvgIpc) is 2.29. The van der Waals surface area contributed by atoms with Gasteiger partial charge in [-0.15, -0.1) is 0 Å². The third-order valence-electron chi connectivity index (χ3n) is 3.10. The fraction of sp³-hybridized carbons (Fsp3) is 0.400. The van der Waals surface area contributed by atoms with Crippen LogP contribution in [0.4, 0.5) is 0 Å². The normalized spacial score (nSPS) is 19.1. The fourth-order valence-electron chi connectivity index (χ4n) is 2.10. The fourth-order valence-corrected chi connectivity index (χ4v) is 4.73. The summed E-state index contributed by atoms with van der Waals surface area (Å²) < 4.78 is 1.46. The molecule has 1 unspecified atom stereocenters. The zero-order valence-corrected chi connectivity index (χ0v) is 12.1. The van der Waals surface area contributed by atoms with E-state index in [0.717, 1.165) is 6.42 Å². The Hall–Kier alpha value is -0.851. The molecule has 0 saturated heterocycles. The molecule has 0 amide bonds. The van der Waals surface area contributed by atoms with Crippen LogP contribution in [0.25, 0.3) is 5.57 Å². The number of rotatable bonds is 5. The van der Waals surface area contributed by atoms with Gasteiger partial charge in [0, 0.05) is 0 Å². The van der Waals surface area contributed by atoms with Crippen molar-refractivity contribution >= 4 is 26.3 Å². The number of carbonyl (C=O) groups excluding carboxylic acids is 1. The van der Waals surface area contributed by atoms with Crippen molar-refractivity contribution < 1.29 is 4.79 Å². The number of hydrogen-bond acceptors (Lipinski definition) is 1. The van der Waals surface area contributed by atoms with Gasteiger partial charge in [0.15, 0.2) is 0 Å². The number of carbonyl (C=O) groups is 1. The molecule has 0 bridgehead atoms. The second-order valence-electron chi connectivity index (χ2n) is 4.42. The monoisotopic (exact) mass is 294 g/mol. The zero-order chi connectivity index (χ0) is 12.3. The Morgan fingerprint density at radius 1 is 1.35 bits per heavy atom. The van der Waals surface area contributed by atoms with Crippen LogP contribution in [0.3, 0.4) is 0 Å². The van der Waals surface area contributed by atoms with Crippen LogP contribution < -0.4 is 0 Å². The van der Waals surface area contributed by atoms with Gasteiger partial charge in [-0.25, -0.2) is 0 Å². The Balaban J connectivity index is 2.24. The van der Waals surface area contributed by atoms with E-state index in [4.69, 9.17) is 0 Å². The summed E-state index contributed by atoms with van der Waals surface area (Å²) >= 11 is 0.508. The second kappa shape index (κ2) is 5.66. The summed E-state index contributed by atoms with van der Waals surface area (Å²) in [7, 11) is 0. The van der Waals surface area contributed by atoms with Gasteiger partial charge in [0.25, 0.3) is 0 Å². The van der Waals surface area contributed by atoms with Gasteiger partial charge in [-0.1, -0.05) is 0 Å². The quantitative estimate of drug-likeness (QED) is 0.759. The Labute approximate surface area is 109 Å². The summed E-state index contributed by atoms with van der Waals surface area (Å²) in [4.78, 5) is 11.6. The molecule has 2 rings (SSSR count). The standard InChI is InChI=1S/C15H18OSe/c1-3-9-17-15-13(11(2)16)10-14(15)12-7-5-4-6-8-12/h4-8,13H,3,9-10H2,1-2H3. The van der Waals surface area contributed by atoms with E-state index in [0.29, 0.717) is 20.7 Å². The summed E-state index contributed by atoms with van der Waals surface area (Å²) in [6.07, 6.45) is 2.18. The van der Waals surface area contributed by atoms with Crippen LogP contribution in [0.2, 0.25) is 5.32 Å². The maximum atomic E-state index is 11.6.